The minimum Gasteiger partial charge on any atom is -0.479 e. The monoisotopic (exact) mass is 370 g/mol. The molecule has 142 valence electrons. The van der Waals surface area contributed by atoms with E-state index in [2.05, 4.69) is 20.8 Å². The molecule has 1 aromatic carbocycles. The Morgan fingerprint density at radius 3 is 2.81 bits per heavy atom. The SMILES string of the molecule is CC1Oc2ccc(NC(=O)N3CCC(c4nncn4C)CC3)cc2NC1=O. The Morgan fingerprint density at radius 1 is 1.33 bits per heavy atom. The fourth-order valence-corrected chi connectivity index (χ4v) is 3.49. The number of aryl methyl sites for hydroxylation is 1. The van der Waals surface area contributed by atoms with Crippen LogP contribution in [0.5, 0.6) is 5.75 Å². The Labute approximate surface area is 156 Å². The second kappa shape index (κ2) is 6.90. The molecule has 3 amide bonds. The lowest BCUT2D eigenvalue weighted by Gasteiger charge is -2.31. The molecule has 3 heterocycles. The number of benzene rings is 1. The molecule has 2 aliphatic rings. The van der Waals surface area contributed by atoms with Crippen molar-refractivity contribution in [1.82, 2.24) is 19.7 Å². The van der Waals surface area contributed by atoms with Crippen molar-refractivity contribution >= 4 is 23.3 Å². The molecule has 0 radical (unpaired) electrons. The molecule has 2 N–H and O–H groups in total. The van der Waals surface area contributed by atoms with Crippen molar-refractivity contribution < 1.29 is 14.3 Å². The third-order valence-corrected chi connectivity index (χ3v) is 5.06. The van der Waals surface area contributed by atoms with Gasteiger partial charge in [0.05, 0.1) is 5.69 Å². The minimum absolute atomic E-state index is 0.150. The van der Waals surface area contributed by atoms with Crippen LogP contribution in [0.3, 0.4) is 0 Å². The number of likely N-dealkylation sites (tertiary alicyclic amines) is 1. The first-order valence-electron chi connectivity index (χ1n) is 9.02. The quantitative estimate of drug-likeness (QED) is 0.841. The zero-order valence-corrected chi connectivity index (χ0v) is 15.3. The van der Waals surface area contributed by atoms with E-state index in [1.54, 1.807) is 36.4 Å². The highest BCUT2D eigenvalue weighted by molar-refractivity contribution is 5.99. The second-order valence-corrected chi connectivity index (χ2v) is 6.95. The number of ether oxygens (including phenoxy) is 1. The Kier molecular flexibility index (Phi) is 4.43. The summed E-state index contributed by atoms with van der Waals surface area (Å²) in [6, 6.07) is 5.08. The summed E-state index contributed by atoms with van der Waals surface area (Å²) in [6.07, 6.45) is 2.89. The topological polar surface area (TPSA) is 101 Å². The van der Waals surface area contributed by atoms with Crippen LogP contribution in [0, 0.1) is 0 Å². The molecule has 2 aromatic rings. The first-order valence-corrected chi connectivity index (χ1v) is 9.02. The average Bonchev–Trinajstić information content (AvgIpc) is 3.09. The smallest absolute Gasteiger partial charge is 0.321 e. The zero-order chi connectivity index (χ0) is 19.0. The molecule has 1 saturated heterocycles. The number of piperidine rings is 1. The van der Waals surface area contributed by atoms with Crippen LogP contribution in [0.1, 0.15) is 31.5 Å². The van der Waals surface area contributed by atoms with Crippen LogP contribution >= 0.6 is 0 Å². The lowest BCUT2D eigenvalue weighted by molar-refractivity contribution is -0.122. The molecule has 4 rings (SSSR count). The third kappa shape index (κ3) is 3.44. The van der Waals surface area contributed by atoms with Crippen LogP contribution in [0.25, 0.3) is 0 Å². The zero-order valence-electron chi connectivity index (χ0n) is 15.3. The maximum absolute atomic E-state index is 12.6. The van der Waals surface area contributed by atoms with Gasteiger partial charge in [0.15, 0.2) is 6.10 Å². The molecule has 27 heavy (non-hydrogen) atoms. The summed E-state index contributed by atoms with van der Waals surface area (Å²) in [7, 11) is 1.94. The molecule has 1 aromatic heterocycles. The number of nitrogens with one attached hydrogen (secondary N) is 2. The fourth-order valence-electron chi connectivity index (χ4n) is 3.49. The molecular weight excluding hydrogens is 348 g/mol. The Hall–Kier alpha value is -3.10. The standard InChI is InChI=1S/C18H22N6O3/c1-11-17(25)21-14-9-13(3-4-15(14)27-11)20-18(26)24-7-5-12(6-8-24)16-22-19-10-23(16)2/h3-4,9-12H,5-8H2,1-2H3,(H,20,26)(H,21,25). The van der Waals surface area contributed by atoms with Gasteiger partial charge in [-0.05, 0) is 38.0 Å². The van der Waals surface area contributed by atoms with Crippen LogP contribution in [0.2, 0.25) is 0 Å². The van der Waals surface area contributed by atoms with Crippen molar-refractivity contribution in [2.45, 2.75) is 31.8 Å². The van der Waals surface area contributed by atoms with E-state index in [4.69, 9.17) is 4.74 Å². The van der Waals surface area contributed by atoms with Crippen LogP contribution in [0.15, 0.2) is 24.5 Å². The molecular formula is C18H22N6O3. The highest BCUT2D eigenvalue weighted by Gasteiger charge is 2.27. The van der Waals surface area contributed by atoms with E-state index < -0.39 is 6.10 Å². The van der Waals surface area contributed by atoms with Gasteiger partial charge in [-0.1, -0.05) is 0 Å². The number of fused-ring (bicyclic) bond motifs is 1. The number of amides is 3. The van der Waals surface area contributed by atoms with E-state index >= 15 is 0 Å². The highest BCUT2D eigenvalue weighted by atomic mass is 16.5. The predicted molar refractivity (Wildman–Crippen MR) is 98.7 cm³/mol. The number of anilines is 2. The molecule has 0 aliphatic carbocycles. The van der Waals surface area contributed by atoms with E-state index in [0.717, 1.165) is 18.7 Å². The second-order valence-electron chi connectivity index (χ2n) is 6.95. The van der Waals surface area contributed by atoms with Gasteiger partial charge in [-0.3, -0.25) is 4.79 Å². The fraction of sp³-hybridized carbons (Fsp3) is 0.444. The Morgan fingerprint density at radius 2 is 2.11 bits per heavy atom. The molecule has 9 nitrogen and oxygen atoms in total. The Bertz CT molecular complexity index is 872. The van der Waals surface area contributed by atoms with Gasteiger partial charge < -0.3 is 24.8 Å². The van der Waals surface area contributed by atoms with Gasteiger partial charge in [0.25, 0.3) is 5.91 Å². The molecule has 1 fully saturated rings. The summed E-state index contributed by atoms with van der Waals surface area (Å²) in [4.78, 5) is 26.1. The highest BCUT2D eigenvalue weighted by Crippen LogP contribution is 2.32. The van der Waals surface area contributed by atoms with Crippen molar-refractivity contribution in [1.29, 1.82) is 0 Å². The predicted octanol–water partition coefficient (Wildman–Crippen LogP) is 1.95. The lowest BCUT2D eigenvalue weighted by atomic mass is 9.96. The molecule has 2 aliphatic heterocycles. The molecule has 0 bridgehead atoms. The van der Waals surface area contributed by atoms with Gasteiger partial charge >= 0.3 is 6.03 Å². The van der Waals surface area contributed by atoms with Crippen molar-refractivity contribution in [3.63, 3.8) is 0 Å². The summed E-state index contributed by atoms with van der Waals surface area (Å²) in [5.41, 5.74) is 1.18. The number of carbonyl (C=O) groups is 2. The molecule has 0 saturated carbocycles. The van der Waals surface area contributed by atoms with E-state index in [1.165, 1.54) is 0 Å². The van der Waals surface area contributed by atoms with Crippen molar-refractivity contribution in [3.05, 3.63) is 30.4 Å². The lowest BCUT2D eigenvalue weighted by Crippen LogP contribution is -2.41. The largest absolute Gasteiger partial charge is 0.479 e. The first-order chi connectivity index (χ1) is 13.0. The number of hydrogen-bond donors (Lipinski definition) is 2. The van der Waals surface area contributed by atoms with Gasteiger partial charge in [0.2, 0.25) is 0 Å². The van der Waals surface area contributed by atoms with E-state index in [-0.39, 0.29) is 11.9 Å². The number of hydrogen-bond acceptors (Lipinski definition) is 5. The molecule has 0 spiro atoms. The number of urea groups is 1. The molecule has 1 atom stereocenters. The van der Waals surface area contributed by atoms with Gasteiger partial charge in [0.1, 0.15) is 17.9 Å². The first kappa shape index (κ1) is 17.3. The summed E-state index contributed by atoms with van der Waals surface area (Å²) >= 11 is 0. The molecule has 9 heteroatoms. The van der Waals surface area contributed by atoms with Crippen LogP contribution in [-0.4, -0.2) is 50.8 Å². The summed E-state index contributed by atoms with van der Waals surface area (Å²) < 4.78 is 7.46. The molecule has 1 unspecified atom stereocenters. The number of aromatic nitrogens is 3. The number of nitrogens with zero attached hydrogens (tertiary/aromatic N) is 4. The van der Waals surface area contributed by atoms with E-state index in [9.17, 15) is 9.59 Å². The normalized spacial score (nSPS) is 19.9. The maximum Gasteiger partial charge on any atom is 0.321 e. The van der Waals surface area contributed by atoms with Crippen LogP contribution in [0.4, 0.5) is 16.2 Å². The summed E-state index contributed by atoms with van der Waals surface area (Å²) in [6.45, 7) is 3.01. The van der Waals surface area contributed by atoms with Gasteiger partial charge in [-0.2, -0.15) is 0 Å². The van der Waals surface area contributed by atoms with Crippen LogP contribution < -0.4 is 15.4 Å². The average molecular weight is 370 g/mol. The maximum atomic E-state index is 12.6. The third-order valence-electron chi connectivity index (χ3n) is 5.06. The van der Waals surface area contributed by atoms with Crippen molar-refractivity contribution in [2.24, 2.45) is 7.05 Å². The van der Waals surface area contributed by atoms with Crippen molar-refractivity contribution in [3.8, 4) is 5.75 Å². The van der Waals surface area contributed by atoms with Gasteiger partial charge in [-0.15, -0.1) is 10.2 Å². The van der Waals surface area contributed by atoms with E-state index in [1.807, 2.05) is 11.6 Å². The summed E-state index contributed by atoms with van der Waals surface area (Å²) in [5.74, 6) is 1.69. The minimum atomic E-state index is -0.520. The van der Waals surface area contributed by atoms with Gasteiger partial charge in [0, 0.05) is 31.7 Å². The summed E-state index contributed by atoms with van der Waals surface area (Å²) in [5, 5.41) is 13.8. The Balaban J connectivity index is 1.37. The van der Waals surface area contributed by atoms with Crippen LogP contribution in [-0.2, 0) is 11.8 Å². The number of rotatable bonds is 2. The van der Waals surface area contributed by atoms with E-state index in [0.29, 0.717) is 36.1 Å². The van der Waals surface area contributed by atoms with Gasteiger partial charge in [-0.25, -0.2) is 4.79 Å². The number of carbonyl (C=O) groups excluding carboxylic acids is 2. The van der Waals surface area contributed by atoms with Crippen molar-refractivity contribution in [2.75, 3.05) is 23.7 Å².